The zero-order chi connectivity index (χ0) is 19.7. The summed E-state index contributed by atoms with van der Waals surface area (Å²) in [5.41, 5.74) is 0.725. The molecule has 1 aliphatic heterocycles. The minimum atomic E-state index is -0.698. The summed E-state index contributed by atoms with van der Waals surface area (Å²) in [5.74, 6) is 1.39. The van der Waals surface area contributed by atoms with E-state index in [4.69, 9.17) is 25.3 Å². The molecule has 140 valence electrons. The molecule has 0 bridgehead atoms. The standard InChI is InChI=1S/C20H21BINO4/c1-19(2)20(3,4)27-21(26-19)24-13-14-12-17(10-11-18(14)22)25-16-8-6-15(23-5)7-9-16/h6-12H,13H2,1-4H3. The van der Waals surface area contributed by atoms with E-state index in [1.54, 1.807) is 24.3 Å². The third kappa shape index (κ3) is 4.64. The smallest absolute Gasteiger partial charge is 0.457 e. The second-order valence-corrected chi connectivity index (χ2v) is 8.48. The van der Waals surface area contributed by atoms with Crippen LogP contribution in [0, 0.1) is 10.1 Å². The van der Waals surface area contributed by atoms with Gasteiger partial charge in [0.2, 0.25) is 0 Å². The minimum Gasteiger partial charge on any atom is -0.457 e. The Balaban J connectivity index is 1.66. The Labute approximate surface area is 174 Å². The fourth-order valence-electron chi connectivity index (χ4n) is 2.46. The molecule has 2 aromatic carbocycles. The maximum Gasteiger partial charge on any atom is 0.640 e. The van der Waals surface area contributed by atoms with Gasteiger partial charge in [-0.3, -0.25) is 0 Å². The Hall–Kier alpha value is -1.60. The van der Waals surface area contributed by atoms with Crippen LogP contribution in [-0.4, -0.2) is 18.5 Å². The van der Waals surface area contributed by atoms with E-state index < -0.39 is 18.5 Å². The van der Waals surface area contributed by atoms with E-state index in [-0.39, 0.29) is 0 Å². The molecule has 2 aromatic rings. The van der Waals surface area contributed by atoms with Crippen molar-refractivity contribution in [2.24, 2.45) is 0 Å². The van der Waals surface area contributed by atoms with Gasteiger partial charge in [-0.2, -0.15) is 0 Å². The highest BCUT2D eigenvalue weighted by Gasteiger charge is 2.52. The number of rotatable bonds is 5. The second kappa shape index (κ2) is 7.80. The predicted octanol–water partition coefficient (Wildman–Crippen LogP) is 5.74. The summed E-state index contributed by atoms with van der Waals surface area (Å²) >= 11 is 2.27. The van der Waals surface area contributed by atoms with Gasteiger partial charge in [-0.1, -0.05) is 12.1 Å². The summed E-state index contributed by atoms with van der Waals surface area (Å²) < 4.78 is 24.5. The molecule has 0 saturated carbocycles. The van der Waals surface area contributed by atoms with Crippen molar-refractivity contribution in [3.8, 4) is 11.5 Å². The quantitative estimate of drug-likeness (QED) is 0.313. The predicted molar refractivity (Wildman–Crippen MR) is 113 cm³/mol. The first-order valence-electron chi connectivity index (χ1n) is 8.61. The van der Waals surface area contributed by atoms with Gasteiger partial charge in [-0.05, 0) is 86.2 Å². The van der Waals surface area contributed by atoms with Gasteiger partial charge in [0.1, 0.15) is 11.5 Å². The van der Waals surface area contributed by atoms with Crippen LogP contribution in [0.15, 0.2) is 42.5 Å². The maximum atomic E-state index is 7.00. The van der Waals surface area contributed by atoms with E-state index in [1.807, 2.05) is 45.9 Å². The summed E-state index contributed by atoms with van der Waals surface area (Å²) in [4.78, 5) is 3.38. The lowest BCUT2D eigenvalue weighted by Crippen LogP contribution is -2.41. The lowest BCUT2D eigenvalue weighted by molar-refractivity contribution is 0.00578. The fraction of sp³-hybridized carbons (Fsp3) is 0.350. The molecule has 0 radical (unpaired) electrons. The van der Waals surface area contributed by atoms with Crippen LogP contribution in [0.1, 0.15) is 33.3 Å². The van der Waals surface area contributed by atoms with Crippen molar-refractivity contribution < 1.29 is 18.7 Å². The molecule has 1 fully saturated rings. The Bertz CT molecular complexity index is 845. The van der Waals surface area contributed by atoms with E-state index in [9.17, 15) is 0 Å². The number of hydrogen-bond donors (Lipinski definition) is 0. The lowest BCUT2D eigenvalue weighted by atomic mass is 9.90. The zero-order valence-electron chi connectivity index (χ0n) is 15.8. The molecule has 0 N–H and O–H groups in total. The highest BCUT2D eigenvalue weighted by molar-refractivity contribution is 14.1. The van der Waals surface area contributed by atoms with Crippen LogP contribution in [0.2, 0.25) is 0 Å². The third-order valence-electron chi connectivity index (χ3n) is 4.83. The van der Waals surface area contributed by atoms with Gasteiger partial charge in [-0.15, -0.1) is 0 Å². The van der Waals surface area contributed by atoms with Gasteiger partial charge >= 0.3 is 7.32 Å². The van der Waals surface area contributed by atoms with E-state index in [1.165, 1.54) is 0 Å². The van der Waals surface area contributed by atoms with Crippen molar-refractivity contribution in [1.82, 2.24) is 0 Å². The molecule has 1 heterocycles. The molecule has 7 heteroatoms. The zero-order valence-corrected chi connectivity index (χ0v) is 17.9. The molecule has 0 unspecified atom stereocenters. The first-order valence-corrected chi connectivity index (χ1v) is 9.69. The second-order valence-electron chi connectivity index (χ2n) is 7.32. The summed E-state index contributed by atoms with van der Waals surface area (Å²) in [7, 11) is -0.698. The summed E-state index contributed by atoms with van der Waals surface area (Å²) in [6.07, 6.45) is 0. The minimum absolute atomic E-state index is 0.350. The Morgan fingerprint density at radius 3 is 2.19 bits per heavy atom. The highest BCUT2D eigenvalue weighted by Crippen LogP contribution is 2.37. The Kier molecular flexibility index (Phi) is 5.82. The molecule has 3 rings (SSSR count). The van der Waals surface area contributed by atoms with Crippen molar-refractivity contribution in [1.29, 1.82) is 0 Å². The first kappa shape index (κ1) is 20.1. The van der Waals surface area contributed by atoms with Crippen molar-refractivity contribution >= 4 is 35.6 Å². The molecule has 1 aliphatic rings. The van der Waals surface area contributed by atoms with Gasteiger partial charge in [0.05, 0.1) is 24.4 Å². The van der Waals surface area contributed by atoms with Crippen molar-refractivity contribution in [3.05, 3.63) is 63.0 Å². The molecular formula is C20H21BINO4. The summed E-state index contributed by atoms with van der Waals surface area (Å²) in [5, 5.41) is 0. The number of halogens is 1. The van der Waals surface area contributed by atoms with Gasteiger partial charge < -0.3 is 18.7 Å². The molecule has 0 spiro atoms. The van der Waals surface area contributed by atoms with Crippen LogP contribution in [0.3, 0.4) is 0 Å². The Morgan fingerprint density at radius 1 is 1.00 bits per heavy atom. The molecule has 27 heavy (non-hydrogen) atoms. The van der Waals surface area contributed by atoms with Crippen LogP contribution in [0.4, 0.5) is 5.69 Å². The van der Waals surface area contributed by atoms with Crippen LogP contribution in [0.25, 0.3) is 4.85 Å². The van der Waals surface area contributed by atoms with Crippen LogP contribution < -0.4 is 4.74 Å². The fourth-order valence-corrected chi connectivity index (χ4v) is 2.96. The monoisotopic (exact) mass is 477 g/mol. The van der Waals surface area contributed by atoms with Crippen molar-refractivity contribution in [2.75, 3.05) is 0 Å². The van der Waals surface area contributed by atoms with Gasteiger partial charge in [0.25, 0.3) is 0 Å². The first-order chi connectivity index (χ1) is 12.7. The largest absolute Gasteiger partial charge is 0.640 e. The number of ether oxygens (including phenoxy) is 1. The van der Waals surface area contributed by atoms with E-state index in [0.29, 0.717) is 23.8 Å². The molecule has 0 atom stereocenters. The average molecular weight is 477 g/mol. The third-order valence-corrected chi connectivity index (χ3v) is 5.88. The SMILES string of the molecule is [C-]#[N+]c1ccc(Oc2ccc(I)c(COB3OC(C)(C)C(C)(C)O3)c2)cc1. The van der Waals surface area contributed by atoms with E-state index >= 15 is 0 Å². The van der Waals surface area contributed by atoms with Crippen LogP contribution >= 0.6 is 22.6 Å². The van der Waals surface area contributed by atoms with Gasteiger partial charge in [-0.25, -0.2) is 4.85 Å². The van der Waals surface area contributed by atoms with E-state index in [0.717, 1.165) is 9.13 Å². The van der Waals surface area contributed by atoms with Gasteiger partial charge in [0, 0.05) is 3.57 Å². The lowest BCUT2D eigenvalue weighted by Gasteiger charge is -2.31. The van der Waals surface area contributed by atoms with Crippen LogP contribution in [-0.2, 0) is 20.6 Å². The molecular weight excluding hydrogens is 456 g/mol. The molecule has 0 amide bonds. The maximum absolute atomic E-state index is 7.00. The molecule has 0 aliphatic carbocycles. The summed E-state index contributed by atoms with van der Waals surface area (Å²) in [6, 6.07) is 12.9. The molecule has 5 nitrogen and oxygen atoms in total. The highest BCUT2D eigenvalue weighted by atomic mass is 127. The van der Waals surface area contributed by atoms with E-state index in [2.05, 4.69) is 27.4 Å². The summed E-state index contributed by atoms with van der Waals surface area (Å²) in [6.45, 7) is 15.3. The number of hydrogen-bond acceptors (Lipinski definition) is 4. The van der Waals surface area contributed by atoms with Gasteiger partial charge in [0.15, 0.2) is 5.69 Å². The molecule has 0 aromatic heterocycles. The van der Waals surface area contributed by atoms with Crippen LogP contribution in [0.5, 0.6) is 11.5 Å². The van der Waals surface area contributed by atoms with Crippen molar-refractivity contribution in [2.45, 2.75) is 45.5 Å². The average Bonchev–Trinajstić information content (AvgIpc) is 2.83. The number of nitrogens with zero attached hydrogens (tertiary/aromatic N) is 1. The Morgan fingerprint density at radius 2 is 1.59 bits per heavy atom. The van der Waals surface area contributed by atoms with Crippen molar-refractivity contribution in [3.63, 3.8) is 0 Å². The number of benzene rings is 2. The normalized spacial score (nSPS) is 17.6. The topological polar surface area (TPSA) is 41.3 Å². The molecule has 1 saturated heterocycles.